The number of hydrogen-bond acceptors (Lipinski definition) is 6. The number of benzene rings is 2. The number of ketones is 1. The van der Waals surface area contributed by atoms with Crippen molar-refractivity contribution in [1.29, 1.82) is 0 Å². The maximum absolute atomic E-state index is 12.9. The number of nitrogens with one attached hydrogen (secondary N) is 1. The van der Waals surface area contributed by atoms with Gasteiger partial charge in [0.1, 0.15) is 5.75 Å². The second kappa shape index (κ2) is 7.96. The summed E-state index contributed by atoms with van der Waals surface area (Å²) in [4.78, 5) is 30.2. The number of thiocarbonyl (C=S) groups is 1. The fraction of sp³-hybridized carbons (Fsp3) is 0.0500. The lowest BCUT2D eigenvalue weighted by atomic mass is 10.1. The average Bonchev–Trinajstić information content (AvgIpc) is 3.25. The Hall–Kier alpha value is -2.52. The zero-order valence-electron chi connectivity index (χ0n) is 15.2. The molecule has 1 saturated heterocycles. The van der Waals surface area contributed by atoms with Gasteiger partial charge in [0.05, 0.1) is 27.7 Å². The number of rotatable bonds is 4. The van der Waals surface area contributed by atoms with Gasteiger partial charge in [-0.15, -0.1) is 0 Å². The van der Waals surface area contributed by atoms with E-state index in [1.54, 1.807) is 25.4 Å². The van der Waals surface area contributed by atoms with Gasteiger partial charge in [0, 0.05) is 28.7 Å². The summed E-state index contributed by atoms with van der Waals surface area (Å²) in [5, 5.41) is 10.4. The van der Waals surface area contributed by atoms with Gasteiger partial charge in [0.25, 0.3) is 5.91 Å². The molecule has 0 unspecified atom stereocenters. The van der Waals surface area contributed by atoms with Crippen LogP contribution >= 0.6 is 47.2 Å². The molecule has 2 aromatic carbocycles. The molecule has 0 spiro atoms. The number of nitrogens with zero attached hydrogens (tertiary/aromatic N) is 1. The summed E-state index contributed by atoms with van der Waals surface area (Å²) in [6, 6.07) is 8.10. The van der Waals surface area contributed by atoms with E-state index in [2.05, 4.69) is 4.98 Å². The van der Waals surface area contributed by atoms with Crippen LogP contribution in [-0.2, 0) is 4.79 Å². The summed E-state index contributed by atoms with van der Waals surface area (Å²) < 4.78 is 5.44. The highest BCUT2D eigenvalue weighted by molar-refractivity contribution is 8.27. The third-order valence-corrected chi connectivity index (χ3v) is 6.35. The third kappa shape index (κ3) is 3.56. The van der Waals surface area contributed by atoms with Gasteiger partial charge >= 0.3 is 0 Å². The molecule has 1 aliphatic rings. The molecule has 0 atom stereocenters. The van der Waals surface area contributed by atoms with E-state index in [1.807, 2.05) is 6.07 Å². The minimum absolute atomic E-state index is 0.0145. The molecule has 1 aromatic heterocycles. The Bertz CT molecular complexity index is 1250. The maximum Gasteiger partial charge on any atom is 0.270 e. The molecule has 1 fully saturated rings. The number of carbonyl (C=O) groups is 2. The number of carbonyl (C=O) groups excluding carboxylic acids is 2. The van der Waals surface area contributed by atoms with E-state index in [9.17, 15) is 14.7 Å². The number of allylic oxidation sites excluding steroid dienone is 1. The SMILES string of the molecule is COc1ccc2[nH]cc(C(=O)/C=C3/SC(=S)N(c4cc(Cl)c(O)c(Cl)c4)C3=O)c2c1. The van der Waals surface area contributed by atoms with Crippen molar-refractivity contribution in [3.8, 4) is 11.5 Å². The van der Waals surface area contributed by atoms with Crippen LogP contribution in [0.15, 0.2) is 47.5 Å². The molecule has 0 bridgehead atoms. The van der Waals surface area contributed by atoms with Crippen LogP contribution in [0.25, 0.3) is 10.9 Å². The van der Waals surface area contributed by atoms with Crippen molar-refractivity contribution in [2.75, 3.05) is 12.0 Å². The van der Waals surface area contributed by atoms with Crippen molar-refractivity contribution in [2.24, 2.45) is 0 Å². The lowest BCUT2D eigenvalue weighted by molar-refractivity contribution is -0.113. The van der Waals surface area contributed by atoms with Gasteiger partial charge in [0.15, 0.2) is 15.9 Å². The molecule has 152 valence electrons. The summed E-state index contributed by atoms with van der Waals surface area (Å²) in [5.41, 5.74) is 1.48. The number of phenols is 1. The Morgan fingerprint density at radius 3 is 2.63 bits per heavy atom. The minimum Gasteiger partial charge on any atom is -0.505 e. The van der Waals surface area contributed by atoms with Crippen molar-refractivity contribution < 1.29 is 19.4 Å². The van der Waals surface area contributed by atoms with E-state index >= 15 is 0 Å². The predicted molar refractivity (Wildman–Crippen MR) is 123 cm³/mol. The summed E-state index contributed by atoms with van der Waals surface area (Å²) in [7, 11) is 1.54. The zero-order valence-corrected chi connectivity index (χ0v) is 18.4. The lowest BCUT2D eigenvalue weighted by Gasteiger charge is -2.15. The van der Waals surface area contributed by atoms with Crippen LogP contribution in [0.2, 0.25) is 10.0 Å². The van der Waals surface area contributed by atoms with Crippen molar-refractivity contribution in [2.45, 2.75) is 0 Å². The van der Waals surface area contributed by atoms with Gasteiger partial charge in [-0.3, -0.25) is 14.5 Å². The van der Waals surface area contributed by atoms with Crippen LogP contribution in [0, 0.1) is 0 Å². The smallest absolute Gasteiger partial charge is 0.270 e. The number of methoxy groups -OCH3 is 1. The van der Waals surface area contributed by atoms with Crippen molar-refractivity contribution >= 4 is 79.8 Å². The summed E-state index contributed by atoms with van der Waals surface area (Å²) in [5.74, 6) is -0.498. The number of amides is 1. The number of aromatic hydroxyl groups is 1. The molecule has 0 saturated carbocycles. The fourth-order valence-corrected chi connectivity index (χ4v) is 4.74. The number of H-pyrrole nitrogens is 1. The number of aromatic amines is 1. The number of ether oxygens (including phenoxy) is 1. The van der Waals surface area contributed by atoms with Crippen LogP contribution in [0.5, 0.6) is 11.5 Å². The first kappa shape index (κ1) is 20.7. The van der Waals surface area contributed by atoms with E-state index in [0.717, 1.165) is 17.3 Å². The fourth-order valence-electron chi connectivity index (χ4n) is 3.00. The molecule has 1 aliphatic heterocycles. The van der Waals surface area contributed by atoms with Gasteiger partial charge in [0.2, 0.25) is 0 Å². The van der Waals surface area contributed by atoms with Crippen LogP contribution < -0.4 is 9.64 Å². The predicted octanol–water partition coefficient (Wildman–Crippen LogP) is 5.32. The number of hydrogen-bond donors (Lipinski definition) is 2. The molecule has 1 amide bonds. The number of halogens is 2. The van der Waals surface area contributed by atoms with Crippen molar-refractivity contribution in [1.82, 2.24) is 4.98 Å². The van der Waals surface area contributed by atoms with Crippen LogP contribution in [0.3, 0.4) is 0 Å². The van der Waals surface area contributed by atoms with Crippen molar-refractivity contribution in [3.05, 3.63) is 63.1 Å². The Kier molecular flexibility index (Phi) is 5.50. The highest BCUT2D eigenvalue weighted by Crippen LogP contribution is 2.41. The quantitative estimate of drug-likeness (QED) is 0.300. The minimum atomic E-state index is -0.478. The van der Waals surface area contributed by atoms with Gasteiger partial charge < -0.3 is 14.8 Å². The number of thioether (sulfide) groups is 1. The Morgan fingerprint density at radius 2 is 1.97 bits per heavy atom. The highest BCUT2D eigenvalue weighted by atomic mass is 35.5. The van der Waals surface area contributed by atoms with E-state index in [1.165, 1.54) is 23.1 Å². The largest absolute Gasteiger partial charge is 0.505 e. The normalized spacial score (nSPS) is 15.4. The van der Waals surface area contributed by atoms with E-state index in [-0.39, 0.29) is 30.8 Å². The van der Waals surface area contributed by atoms with Gasteiger partial charge in [-0.25, -0.2) is 0 Å². The van der Waals surface area contributed by atoms with E-state index in [4.69, 9.17) is 40.2 Å². The first-order chi connectivity index (χ1) is 14.3. The van der Waals surface area contributed by atoms with E-state index < -0.39 is 5.91 Å². The molecule has 4 rings (SSSR count). The summed E-state index contributed by atoms with van der Waals surface area (Å²) in [6.07, 6.45) is 2.84. The first-order valence-electron chi connectivity index (χ1n) is 8.45. The molecule has 10 heteroatoms. The number of aromatic nitrogens is 1. The molecule has 3 aromatic rings. The van der Waals surface area contributed by atoms with Gasteiger partial charge in [-0.05, 0) is 30.3 Å². The number of fused-ring (bicyclic) bond motifs is 1. The van der Waals surface area contributed by atoms with Gasteiger partial charge in [-0.1, -0.05) is 47.2 Å². The molecule has 0 aliphatic carbocycles. The molecule has 2 N–H and O–H groups in total. The Labute approximate surface area is 190 Å². The second-order valence-electron chi connectivity index (χ2n) is 6.25. The highest BCUT2D eigenvalue weighted by Gasteiger charge is 2.34. The zero-order chi connectivity index (χ0) is 21.6. The third-order valence-electron chi connectivity index (χ3n) is 4.47. The van der Waals surface area contributed by atoms with Crippen molar-refractivity contribution in [3.63, 3.8) is 0 Å². The van der Waals surface area contributed by atoms with E-state index in [0.29, 0.717) is 22.4 Å². The average molecular weight is 479 g/mol. The summed E-state index contributed by atoms with van der Waals surface area (Å²) in [6.45, 7) is 0. The van der Waals surface area contributed by atoms with Crippen LogP contribution in [0.4, 0.5) is 5.69 Å². The Morgan fingerprint density at radius 1 is 1.27 bits per heavy atom. The standard InChI is InChI=1S/C20H12Cl2N2O4S2/c1-28-10-2-3-15-11(6-10)12(8-23-15)16(25)7-17-19(27)24(20(29)30-17)9-4-13(21)18(26)14(22)5-9/h2-8,23,26H,1H3/b17-7+. The van der Waals surface area contributed by atoms with Crippen LogP contribution in [0.1, 0.15) is 10.4 Å². The monoisotopic (exact) mass is 478 g/mol. The first-order valence-corrected chi connectivity index (χ1v) is 10.4. The Balaban J connectivity index is 1.68. The molecule has 30 heavy (non-hydrogen) atoms. The maximum atomic E-state index is 12.9. The molecular formula is C20H12Cl2N2O4S2. The molecule has 6 nitrogen and oxygen atoms in total. The number of phenolic OH excluding ortho intramolecular Hbond substituents is 1. The number of anilines is 1. The lowest BCUT2D eigenvalue weighted by Crippen LogP contribution is -2.27. The molecular weight excluding hydrogens is 467 g/mol. The topological polar surface area (TPSA) is 82.6 Å². The molecule has 2 heterocycles. The molecule has 0 radical (unpaired) electrons. The van der Waals surface area contributed by atoms with Gasteiger partial charge in [-0.2, -0.15) is 0 Å². The second-order valence-corrected chi connectivity index (χ2v) is 8.74. The summed E-state index contributed by atoms with van der Waals surface area (Å²) >= 11 is 18.2. The van der Waals surface area contributed by atoms with Crippen LogP contribution in [-0.4, -0.2) is 33.2 Å².